The average Bonchev–Trinajstić information content (AvgIpc) is 2.35. The molecular formula is C12H14CaO6S2. The third kappa shape index (κ3) is 11.0. The summed E-state index contributed by atoms with van der Waals surface area (Å²) in [5.74, 6) is -4.20. The molecule has 9 heteroatoms. The summed E-state index contributed by atoms with van der Waals surface area (Å²) in [6, 6.07) is 0. The predicted octanol–water partition coefficient (Wildman–Crippen LogP) is -2.02. The van der Waals surface area contributed by atoms with Crippen LogP contribution in [-0.2, 0) is 19.2 Å². The number of Topliss-reactive ketones (excluding diaryl/α,β-unsaturated/α-hetero) is 2. The van der Waals surface area contributed by atoms with Crippen LogP contribution in [0.3, 0.4) is 0 Å². The van der Waals surface area contributed by atoms with Crippen molar-refractivity contribution in [2.75, 3.05) is 0 Å². The maximum Gasteiger partial charge on any atom is 2.00 e. The molecule has 0 aliphatic heterocycles. The van der Waals surface area contributed by atoms with Crippen LogP contribution in [0.4, 0.5) is 0 Å². The minimum absolute atomic E-state index is 0. The molecule has 0 bridgehead atoms. The number of aliphatic carboxylic acids is 2. The number of carbonyl (C=O) groups excluding carboxylic acids is 4. The number of hydrogen-bond acceptors (Lipinski definition) is 8. The first-order valence-electron chi connectivity index (χ1n) is 5.10. The zero-order valence-corrected chi connectivity index (χ0v) is 15.6. The maximum absolute atomic E-state index is 10.7. The van der Waals surface area contributed by atoms with Gasteiger partial charge in [0.1, 0.15) is 10.5 Å². The number of allylic oxidation sites excluding steroid dienone is 2. The van der Waals surface area contributed by atoms with E-state index in [0.717, 1.165) is 0 Å². The standard InChI is InChI=1S/2C6H8O3S.Ca/c2*1-3(2)4(7)5(10)6(8)9;/h2*5,10H,1H2,2H3,(H,8,9);/q;;+2/p-2. The molecule has 0 radical (unpaired) electrons. The smallest absolute Gasteiger partial charge is 0.548 e. The quantitative estimate of drug-likeness (QED) is 0.245. The van der Waals surface area contributed by atoms with Crippen molar-refractivity contribution in [3.05, 3.63) is 24.3 Å². The molecule has 0 fully saturated rings. The Hall–Kier alpha value is -0.280. The van der Waals surface area contributed by atoms with Gasteiger partial charge in [0.2, 0.25) is 0 Å². The molecule has 0 saturated heterocycles. The summed E-state index contributed by atoms with van der Waals surface area (Å²) in [6.45, 7) is 9.39. The van der Waals surface area contributed by atoms with Gasteiger partial charge >= 0.3 is 37.7 Å². The van der Waals surface area contributed by atoms with Gasteiger partial charge in [-0.3, -0.25) is 9.59 Å². The Labute approximate surface area is 163 Å². The van der Waals surface area contributed by atoms with Crippen LogP contribution in [-0.4, -0.2) is 71.7 Å². The van der Waals surface area contributed by atoms with E-state index in [0.29, 0.717) is 0 Å². The molecule has 2 atom stereocenters. The van der Waals surface area contributed by atoms with Crippen molar-refractivity contribution in [2.45, 2.75) is 24.3 Å². The molecule has 0 aromatic carbocycles. The third-order valence-electron chi connectivity index (χ3n) is 1.78. The molecular weight excluding hydrogens is 344 g/mol. The van der Waals surface area contributed by atoms with Gasteiger partial charge in [-0.2, -0.15) is 25.3 Å². The van der Waals surface area contributed by atoms with Crippen molar-refractivity contribution in [1.82, 2.24) is 0 Å². The van der Waals surface area contributed by atoms with Crippen LogP contribution in [0.1, 0.15) is 13.8 Å². The van der Waals surface area contributed by atoms with E-state index < -0.39 is 34.0 Å². The zero-order valence-electron chi connectivity index (χ0n) is 11.6. The van der Waals surface area contributed by atoms with Crippen LogP contribution in [0.5, 0.6) is 0 Å². The fourth-order valence-electron chi connectivity index (χ4n) is 0.681. The molecule has 21 heavy (non-hydrogen) atoms. The van der Waals surface area contributed by atoms with Crippen molar-refractivity contribution in [3.63, 3.8) is 0 Å². The summed E-state index contributed by atoms with van der Waals surface area (Å²) < 4.78 is 0. The Kier molecular flexibility index (Phi) is 15.0. The van der Waals surface area contributed by atoms with Gasteiger partial charge in [0, 0.05) is 0 Å². The molecule has 0 saturated carbocycles. The Morgan fingerprint density at radius 3 is 1.05 bits per heavy atom. The van der Waals surface area contributed by atoms with Gasteiger partial charge in [0.25, 0.3) is 0 Å². The fraction of sp³-hybridized carbons (Fsp3) is 0.333. The van der Waals surface area contributed by atoms with Crippen LogP contribution in [0, 0.1) is 0 Å². The minimum Gasteiger partial charge on any atom is -0.548 e. The van der Waals surface area contributed by atoms with Crippen LogP contribution >= 0.6 is 25.3 Å². The van der Waals surface area contributed by atoms with Gasteiger partial charge in [0.15, 0.2) is 11.6 Å². The molecule has 0 rings (SSSR count). The van der Waals surface area contributed by atoms with Crippen LogP contribution in [0.15, 0.2) is 24.3 Å². The summed E-state index contributed by atoms with van der Waals surface area (Å²) in [4.78, 5) is 41.4. The summed E-state index contributed by atoms with van der Waals surface area (Å²) in [6.07, 6.45) is 0. The number of ketones is 2. The van der Waals surface area contributed by atoms with E-state index in [1.54, 1.807) is 0 Å². The molecule has 0 aromatic rings. The number of thiol groups is 2. The monoisotopic (exact) mass is 358 g/mol. The molecule has 0 N–H and O–H groups in total. The van der Waals surface area contributed by atoms with E-state index in [4.69, 9.17) is 0 Å². The molecule has 2 unspecified atom stereocenters. The fourth-order valence-corrected chi connectivity index (χ4v) is 1.12. The van der Waals surface area contributed by atoms with Gasteiger partial charge in [-0.05, 0) is 25.0 Å². The van der Waals surface area contributed by atoms with Crippen molar-refractivity contribution >= 4 is 86.5 Å². The molecule has 0 heterocycles. The second-order valence-corrected chi connectivity index (χ2v) is 4.77. The first-order chi connectivity index (χ1) is 8.93. The normalized spacial score (nSPS) is 11.6. The number of carboxylic acid groups (broad SMARTS) is 2. The van der Waals surface area contributed by atoms with Gasteiger partial charge < -0.3 is 19.8 Å². The van der Waals surface area contributed by atoms with Gasteiger partial charge in [-0.1, -0.05) is 13.2 Å². The van der Waals surface area contributed by atoms with Gasteiger partial charge in [-0.15, -0.1) is 0 Å². The number of carbonyl (C=O) groups is 4. The second kappa shape index (κ2) is 12.3. The van der Waals surface area contributed by atoms with E-state index >= 15 is 0 Å². The van der Waals surface area contributed by atoms with E-state index in [9.17, 15) is 29.4 Å². The van der Waals surface area contributed by atoms with Gasteiger partial charge in [-0.25, -0.2) is 0 Å². The first-order valence-corrected chi connectivity index (χ1v) is 6.14. The summed E-state index contributed by atoms with van der Waals surface area (Å²) in [5, 5.41) is 17.2. The minimum atomic E-state index is -1.49. The number of carboxylic acids is 2. The first kappa shape index (κ1) is 25.7. The van der Waals surface area contributed by atoms with E-state index in [-0.39, 0.29) is 48.9 Å². The number of rotatable bonds is 6. The SMILES string of the molecule is C=C(C)C(=O)C(S)C(=O)[O-].C=C(C)C(=O)C(S)C(=O)[O-].[Ca+2]. The van der Waals surface area contributed by atoms with Crippen molar-refractivity contribution in [3.8, 4) is 0 Å². The second-order valence-electron chi connectivity index (χ2n) is 3.73. The average molecular weight is 358 g/mol. The maximum atomic E-state index is 10.7. The van der Waals surface area contributed by atoms with Gasteiger partial charge in [0.05, 0.1) is 11.9 Å². The molecule has 0 aliphatic rings. The Balaban J connectivity index is -0.000000295. The molecule has 112 valence electrons. The largest absolute Gasteiger partial charge is 2.00 e. The van der Waals surface area contributed by atoms with E-state index in [1.165, 1.54) is 13.8 Å². The van der Waals surface area contributed by atoms with Crippen LogP contribution in [0.25, 0.3) is 0 Å². The van der Waals surface area contributed by atoms with Crippen molar-refractivity contribution in [2.24, 2.45) is 0 Å². The Morgan fingerprint density at radius 1 is 0.810 bits per heavy atom. The zero-order chi connectivity index (χ0) is 16.6. The van der Waals surface area contributed by atoms with Crippen molar-refractivity contribution in [1.29, 1.82) is 0 Å². The summed E-state index contributed by atoms with van der Waals surface area (Å²) >= 11 is 6.97. The predicted molar refractivity (Wildman–Crippen MR) is 81.0 cm³/mol. The van der Waals surface area contributed by atoms with E-state index in [2.05, 4.69) is 38.4 Å². The third-order valence-corrected chi connectivity index (χ3v) is 2.68. The van der Waals surface area contributed by atoms with Crippen molar-refractivity contribution < 1.29 is 29.4 Å². The Morgan fingerprint density at radius 2 is 1.00 bits per heavy atom. The van der Waals surface area contributed by atoms with E-state index in [1.807, 2.05) is 0 Å². The van der Waals surface area contributed by atoms with Crippen LogP contribution < -0.4 is 10.2 Å². The molecule has 0 aromatic heterocycles. The summed E-state index contributed by atoms with van der Waals surface area (Å²) in [7, 11) is 0. The number of hydrogen-bond donors (Lipinski definition) is 2. The molecule has 0 spiro atoms. The van der Waals surface area contributed by atoms with Crippen LogP contribution in [0.2, 0.25) is 0 Å². The molecule has 0 aliphatic carbocycles. The molecule has 0 amide bonds. The topological polar surface area (TPSA) is 114 Å². The molecule has 6 nitrogen and oxygen atoms in total. The summed E-state index contributed by atoms with van der Waals surface area (Å²) in [5.41, 5.74) is 0.341. The Bertz CT molecular complexity index is 419.